The van der Waals surface area contributed by atoms with Crippen molar-refractivity contribution in [2.45, 2.75) is 71.1 Å². The third-order valence-corrected chi connectivity index (χ3v) is 3.24. The van der Waals surface area contributed by atoms with E-state index in [1.165, 1.54) is 51.4 Å². The quantitative estimate of drug-likeness (QED) is 0.394. The standard InChI is InChI=1S/C16H30O5/c1-2-3-4-5-6-7-8-9-10-11-12-20-16(19)14-21-15(18)13-17/h17H,2-14H2,1H3. The van der Waals surface area contributed by atoms with Crippen molar-refractivity contribution in [3.8, 4) is 0 Å². The maximum atomic E-state index is 11.1. The highest BCUT2D eigenvalue weighted by molar-refractivity contribution is 5.76. The van der Waals surface area contributed by atoms with Gasteiger partial charge in [-0.3, -0.25) is 0 Å². The molecule has 0 heterocycles. The second kappa shape index (κ2) is 15.3. The van der Waals surface area contributed by atoms with Crippen LogP contribution >= 0.6 is 0 Å². The van der Waals surface area contributed by atoms with Gasteiger partial charge in [-0.2, -0.15) is 0 Å². The summed E-state index contributed by atoms with van der Waals surface area (Å²) in [5.74, 6) is -1.38. The molecule has 0 bridgehead atoms. The number of unbranched alkanes of at least 4 members (excludes halogenated alkanes) is 9. The third kappa shape index (κ3) is 15.1. The first-order valence-electron chi connectivity index (χ1n) is 8.12. The summed E-state index contributed by atoms with van der Waals surface area (Å²) in [5.41, 5.74) is 0. The van der Waals surface area contributed by atoms with Gasteiger partial charge in [0.2, 0.25) is 0 Å². The maximum absolute atomic E-state index is 11.1. The Morgan fingerprint density at radius 1 is 0.762 bits per heavy atom. The van der Waals surface area contributed by atoms with Gasteiger partial charge in [0.1, 0.15) is 6.61 Å². The number of carbonyl (C=O) groups excluding carboxylic acids is 2. The Bertz CT molecular complexity index is 265. The summed E-state index contributed by atoms with van der Waals surface area (Å²) in [6.45, 7) is 1.46. The van der Waals surface area contributed by atoms with E-state index in [1.54, 1.807) is 0 Å². The minimum absolute atomic E-state index is 0.367. The molecule has 21 heavy (non-hydrogen) atoms. The van der Waals surface area contributed by atoms with Gasteiger partial charge >= 0.3 is 11.9 Å². The lowest BCUT2D eigenvalue weighted by molar-refractivity contribution is -0.160. The number of hydrogen-bond acceptors (Lipinski definition) is 5. The molecule has 5 nitrogen and oxygen atoms in total. The molecule has 0 aromatic heterocycles. The summed E-state index contributed by atoms with van der Waals surface area (Å²) in [6.07, 6.45) is 12.3. The Morgan fingerprint density at radius 3 is 1.81 bits per heavy atom. The van der Waals surface area contributed by atoms with Gasteiger partial charge in [0.25, 0.3) is 0 Å². The van der Waals surface area contributed by atoms with Gasteiger partial charge in [-0.05, 0) is 6.42 Å². The smallest absolute Gasteiger partial charge is 0.344 e. The molecule has 0 aliphatic heterocycles. The lowest BCUT2D eigenvalue weighted by atomic mass is 10.1. The van der Waals surface area contributed by atoms with Crippen molar-refractivity contribution in [3.05, 3.63) is 0 Å². The van der Waals surface area contributed by atoms with E-state index in [4.69, 9.17) is 9.84 Å². The maximum Gasteiger partial charge on any atom is 0.344 e. The van der Waals surface area contributed by atoms with Crippen molar-refractivity contribution in [1.82, 2.24) is 0 Å². The van der Waals surface area contributed by atoms with Gasteiger partial charge < -0.3 is 14.6 Å². The summed E-state index contributed by atoms with van der Waals surface area (Å²) in [5, 5.41) is 8.40. The molecule has 124 valence electrons. The predicted octanol–water partition coefficient (Wildman–Crippen LogP) is 2.99. The Balaban J connectivity index is 3.18. The zero-order valence-electron chi connectivity index (χ0n) is 13.3. The molecule has 0 aliphatic rings. The molecule has 0 aliphatic carbocycles. The van der Waals surface area contributed by atoms with Crippen LogP contribution in [0.1, 0.15) is 71.1 Å². The highest BCUT2D eigenvalue weighted by atomic mass is 16.6. The van der Waals surface area contributed by atoms with E-state index >= 15 is 0 Å². The molecule has 0 atom stereocenters. The summed E-state index contributed by atoms with van der Waals surface area (Å²) < 4.78 is 9.35. The predicted molar refractivity (Wildman–Crippen MR) is 80.8 cm³/mol. The van der Waals surface area contributed by atoms with Crippen molar-refractivity contribution in [3.63, 3.8) is 0 Å². The van der Waals surface area contributed by atoms with Gasteiger partial charge in [0.05, 0.1) is 6.61 Å². The monoisotopic (exact) mass is 302 g/mol. The summed E-state index contributed by atoms with van der Waals surface area (Å²) >= 11 is 0. The SMILES string of the molecule is CCCCCCCCCCCCOC(=O)COC(=O)CO. The fourth-order valence-corrected chi connectivity index (χ4v) is 2.00. The normalized spacial score (nSPS) is 10.4. The highest BCUT2D eigenvalue weighted by Gasteiger charge is 2.06. The average Bonchev–Trinajstić information content (AvgIpc) is 2.50. The van der Waals surface area contributed by atoms with Crippen LogP contribution in [-0.2, 0) is 19.1 Å². The molecule has 0 fully saturated rings. The molecule has 0 amide bonds. The van der Waals surface area contributed by atoms with Crippen molar-refractivity contribution in [2.24, 2.45) is 0 Å². The molecule has 1 N–H and O–H groups in total. The lowest BCUT2D eigenvalue weighted by Crippen LogP contribution is -2.18. The van der Waals surface area contributed by atoms with Crippen molar-refractivity contribution < 1.29 is 24.2 Å². The average molecular weight is 302 g/mol. The molecule has 0 rings (SSSR count). The molecule has 0 unspecified atom stereocenters. The topological polar surface area (TPSA) is 72.8 Å². The van der Waals surface area contributed by atoms with E-state index in [1.807, 2.05) is 0 Å². The van der Waals surface area contributed by atoms with Crippen molar-refractivity contribution in [1.29, 1.82) is 0 Å². The molecule has 0 saturated heterocycles. The van der Waals surface area contributed by atoms with E-state index in [0.717, 1.165) is 12.8 Å². The molecule has 0 saturated carbocycles. The van der Waals surface area contributed by atoms with Crippen LogP contribution in [0.15, 0.2) is 0 Å². The van der Waals surface area contributed by atoms with E-state index in [0.29, 0.717) is 6.61 Å². The molecule has 0 aromatic carbocycles. The van der Waals surface area contributed by atoms with Gasteiger partial charge in [0.15, 0.2) is 6.61 Å². The minimum Gasteiger partial charge on any atom is -0.463 e. The van der Waals surface area contributed by atoms with Crippen LogP contribution in [0.2, 0.25) is 0 Å². The van der Waals surface area contributed by atoms with Crippen LogP contribution in [0.4, 0.5) is 0 Å². The molecule has 5 heteroatoms. The number of rotatable bonds is 14. The molecule has 0 spiro atoms. The van der Waals surface area contributed by atoms with E-state index in [9.17, 15) is 9.59 Å². The largest absolute Gasteiger partial charge is 0.463 e. The number of ether oxygens (including phenoxy) is 2. The fraction of sp³-hybridized carbons (Fsp3) is 0.875. The lowest BCUT2D eigenvalue weighted by Gasteiger charge is -2.05. The van der Waals surface area contributed by atoms with Crippen molar-refractivity contribution in [2.75, 3.05) is 19.8 Å². The zero-order valence-corrected chi connectivity index (χ0v) is 13.3. The molecular formula is C16H30O5. The second-order valence-electron chi connectivity index (χ2n) is 5.22. The van der Waals surface area contributed by atoms with Gasteiger partial charge in [-0.1, -0.05) is 64.7 Å². The number of aliphatic hydroxyl groups is 1. The molecule has 0 radical (unpaired) electrons. The summed E-state index contributed by atoms with van der Waals surface area (Å²) in [6, 6.07) is 0. The van der Waals surface area contributed by atoms with Crippen LogP contribution in [-0.4, -0.2) is 36.9 Å². The van der Waals surface area contributed by atoms with Gasteiger partial charge in [-0.15, -0.1) is 0 Å². The van der Waals surface area contributed by atoms with Crippen LogP contribution in [0.3, 0.4) is 0 Å². The third-order valence-electron chi connectivity index (χ3n) is 3.24. The number of esters is 2. The minimum atomic E-state index is -0.814. The first-order chi connectivity index (χ1) is 10.2. The number of carbonyl (C=O) groups is 2. The Hall–Kier alpha value is -1.10. The van der Waals surface area contributed by atoms with Gasteiger partial charge in [-0.25, -0.2) is 9.59 Å². The van der Waals surface area contributed by atoms with E-state index in [2.05, 4.69) is 11.7 Å². The van der Waals surface area contributed by atoms with Crippen LogP contribution < -0.4 is 0 Å². The fourth-order valence-electron chi connectivity index (χ4n) is 2.00. The summed E-state index contributed by atoms with van der Waals surface area (Å²) in [4.78, 5) is 21.7. The second-order valence-corrected chi connectivity index (χ2v) is 5.22. The Morgan fingerprint density at radius 2 is 1.29 bits per heavy atom. The first kappa shape index (κ1) is 19.9. The van der Waals surface area contributed by atoms with Gasteiger partial charge in [0, 0.05) is 0 Å². The van der Waals surface area contributed by atoms with Crippen LogP contribution in [0.25, 0.3) is 0 Å². The Labute approximate surface area is 128 Å². The number of aliphatic hydroxyl groups excluding tert-OH is 1. The number of hydrogen-bond donors (Lipinski definition) is 1. The van der Waals surface area contributed by atoms with Crippen molar-refractivity contribution >= 4 is 11.9 Å². The van der Waals surface area contributed by atoms with Crippen LogP contribution in [0, 0.1) is 0 Å². The van der Waals surface area contributed by atoms with E-state index in [-0.39, 0.29) is 0 Å². The van der Waals surface area contributed by atoms with Crippen LogP contribution in [0.5, 0.6) is 0 Å². The zero-order chi connectivity index (χ0) is 15.8. The summed E-state index contributed by atoms with van der Waals surface area (Å²) in [7, 11) is 0. The molecule has 0 aromatic rings. The first-order valence-corrected chi connectivity index (χ1v) is 8.12. The Kier molecular flexibility index (Phi) is 14.5. The molecular weight excluding hydrogens is 272 g/mol. The highest BCUT2D eigenvalue weighted by Crippen LogP contribution is 2.10. The van der Waals surface area contributed by atoms with E-state index < -0.39 is 25.2 Å².